The highest BCUT2D eigenvalue weighted by Crippen LogP contribution is 2.13. The lowest BCUT2D eigenvalue weighted by molar-refractivity contribution is -0.138. The number of carbonyl (C=O) groups excluding carboxylic acids is 2. The van der Waals surface area contributed by atoms with Gasteiger partial charge < -0.3 is 9.47 Å². The minimum Gasteiger partial charge on any atom is -0.459 e. The summed E-state index contributed by atoms with van der Waals surface area (Å²) < 4.78 is 9.56. The van der Waals surface area contributed by atoms with E-state index in [1.54, 1.807) is 0 Å². The Labute approximate surface area is 124 Å². The number of benzene rings is 1. The van der Waals surface area contributed by atoms with Crippen LogP contribution in [0.25, 0.3) is 0 Å². The third-order valence-corrected chi connectivity index (χ3v) is 2.57. The van der Waals surface area contributed by atoms with E-state index in [2.05, 4.69) is 30.5 Å². The van der Waals surface area contributed by atoms with Crippen LogP contribution in [0.2, 0.25) is 0 Å². The smallest absolute Gasteiger partial charge is 0.411 e. The minimum atomic E-state index is -0.582. The zero-order chi connectivity index (χ0) is 15.7. The Morgan fingerprint density at radius 2 is 1.81 bits per heavy atom. The first-order chi connectivity index (χ1) is 10.0. The number of ether oxygens (including phenoxy) is 2. The highest BCUT2D eigenvalue weighted by Gasteiger charge is 2.04. The SMILES string of the molecule is C=CC(=O)OCCOC(=O)Nc1ccc(CC(C)C)cc1. The second-order valence-electron chi connectivity index (χ2n) is 4.93. The molecule has 0 radical (unpaired) electrons. The molecule has 114 valence electrons. The number of amides is 1. The predicted molar refractivity (Wildman–Crippen MR) is 81.1 cm³/mol. The molecule has 0 aromatic heterocycles. The van der Waals surface area contributed by atoms with E-state index in [0.717, 1.165) is 12.5 Å². The molecule has 0 saturated heterocycles. The van der Waals surface area contributed by atoms with Gasteiger partial charge in [-0.25, -0.2) is 9.59 Å². The van der Waals surface area contributed by atoms with Crippen LogP contribution in [-0.2, 0) is 20.7 Å². The van der Waals surface area contributed by atoms with Gasteiger partial charge in [-0.15, -0.1) is 0 Å². The van der Waals surface area contributed by atoms with Crippen molar-refractivity contribution in [3.63, 3.8) is 0 Å². The maximum Gasteiger partial charge on any atom is 0.411 e. The number of nitrogens with one attached hydrogen (secondary N) is 1. The molecule has 0 bridgehead atoms. The van der Waals surface area contributed by atoms with Gasteiger partial charge in [0.05, 0.1) is 0 Å². The van der Waals surface area contributed by atoms with E-state index in [4.69, 9.17) is 4.74 Å². The van der Waals surface area contributed by atoms with Crippen LogP contribution in [0.1, 0.15) is 19.4 Å². The second kappa shape index (κ2) is 8.79. The Bertz CT molecular complexity index is 480. The lowest BCUT2D eigenvalue weighted by atomic mass is 10.0. The molecule has 0 spiro atoms. The standard InChI is InChI=1S/C16H21NO4/c1-4-15(18)20-9-10-21-16(19)17-14-7-5-13(6-8-14)11-12(2)3/h4-8,12H,1,9-11H2,2-3H3,(H,17,19). The first kappa shape index (κ1) is 16.8. The van der Waals surface area contributed by atoms with Crippen molar-refractivity contribution in [2.24, 2.45) is 5.92 Å². The monoisotopic (exact) mass is 291 g/mol. The molecule has 0 aliphatic carbocycles. The van der Waals surface area contributed by atoms with Gasteiger partial charge in [-0.3, -0.25) is 5.32 Å². The predicted octanol–water partition coefficient (Wildman–Crippen LogP) is 3.16. The van der Waals surface area contributed by atoms with Crippen LogP contribution in [0.15, 0.2) is 36.9 Å². The number of hydrogen-bond acceptors (Lipinski definition) is 4. The van der Waals surface area contributed by atoms with Crippen LogP contribution in [0.3, 0.4) is 0 Å². The third kappa shape index (κ3) is 7.15. The molecule has 1 aromatic carbocycles. The summed E-state index contributed by atoms with van der Waals surface area (Å²) in [4.78, 5) is 22.3. The molecule has 0 aliphatic heterocycles. The van der Waals surface area contributed by atoms with Gasteiger partial charge in [-0.05, 0) is 30.0 Å². The maximum atomic E-state index is 11.5. The quantitative estimate of drug-likeness (QED) is 0.476. The summed E-state index contributed by atoms with van der Waals surface area (Å²) in [6.45, 7) is 7.57. The van der Waals surface area contributed by atoms with E-state index < -0.39 is 12.1 Å². The number of hydrogen-bond donors (Lipinski definition) is 1. The summed E-state index contributed by atoms with van der Waals surface area (Å²) in [6.07, 6.45) is 1.47. The molecule has 0 atom stereocenters. The second-order valence-corrected chi connectivity index (χ2v) is 4.93. The molecule has 0 heterocycles. The van der Waals surface area contributed by atoms with E-state index in [0.29, 0.717) is 11.6 Å². The fraction of sp³-hybridized carbons (Fsp3) is 0.375. The molecule has 0 aliphatic rings. The summed E-state index contributed by atoms with van der Waals surface area (Å²) in [5.41, 5.74) is 1.89. The topological polar surface area (TPSA) is 64.6 Å². The van der Waals surface area contributed by atoms with Crippen molar-refractivity contribution in [2.45, 2.75) is 20.3 Å². The summed E-state index contributed by atoms with van der Waals surface area (Å²) in [6, 6.07) is 7.61. The number of esters is 1. The van der Waals surface area contributed by atoms with Crippen LogP contribution in [0, 0.1) is 5.92 Å². The van der Waals surface area contributed by atoms with Gasteiger partial charge in [0.1, 0.15) is 13.2 Å². The summed E-state index contributed by atoms with van der Waals surface area (Å²) in [7, 11) is 0. The highest BCUT2D eigenvalue weighted by molar-refractivity contribution is 5.84. The minimum absolute atomic E-state index is 0.00313. The van der Waals surface area contributed by atoms with Gasteiger partial charge in [0.2, 0.25) is 0 Å². The van der Waals surface area contributed by atoms with E-state index in [9.17, 15) is 9.59 Å². The highest BCUT2D eigenvalue weighted by atomic mass is 16.6. The molecule has 0 unspecified atom stereocenters. The van der Waals surface area contributed by atoms with Crippen molar-refractivity contribution in [3.8, 4) is 0 Å². The Morgan fingerprint density at radius 1 is 1.19 bits per heavy atom. The van der Waals surface area contributed by atoms with Crippen molar-refractivity contribution < 1.29 is 19.1 Å². The molecular weight excluding hydrogens is 270 g/mol. The number of rotatable bonds is 7. The van der Waals surface area contributed by atoms with Crippen molar-refractivity contribution in [1.29, 1.82) is 0 Å². The van der Waals surface area contributed by atoms with E-state index in [-0.39, 0.29) is 13.2 Å². The third-order valence-electron chi connectivity index (χ3n) is 2.57. The Morgan fingerprint density at radius 3 is 2.38 bits per heavy atom. The average Bonchev–Trinajstić information content (AvgIpc) is 2.45. The molecule has 1 amide bonds. The average molecular weight is 291 g/mol. The Kier molecular flexibility index (Phi) is 7.01. The molecule has 1 rings (SSSR count). The van der Waals surface area contributed by atoms with Crippen LogP contribution < -0.4 is 5.32 Å². The van der Waals surface area contributed by atoms with Crippen molar-refractivity contribution in [3.05, 3.63) is 42.5 Å². The van der Waals surface area contributed by atoms with Crippen molar-refractivity contribution >= 4 is 17.7 Å². The Balaban J connectivity index is 2.31. The maximum absolute atomic E-state index is 11.5. The molecular formula is C16H21NO4. The van der Waals surface area contributed by atoms with Crippen LogP contribution in [0.5, 0.6) is 0 Å². The van der Waals surface area contributed by atoms with Crippen LogP contribution in [-0.4, -0.2) is 25.3 Å². The van der Waals surface area contributed by atoms with Gasteiger partial charge in [0.25, 0.3) is 0 Å². The van der Waals surface area contributed by atoms with Crippen LogP contribution >= 0.6 is 0 Å². The first-order valence-electron chi connectivity index (χ1n) is 6.83. The molecule has 5 nitrogen and oxygen atoms in total. The molecule has 5 heteroatoms. The van der Waals surface area contributed by atoms with Gasteiger partial charge in [0, 0.05) is 11.8 Å². The molecule has 1 N–H and O–H groups in total. The summed E-state index contributed by atoms with van der Waals surface area (Å²) in [5.74, 6) is 0.0480. The normalized spacial score (nSPS) is 10.0. The van der Waals surface area contributed by atoms with E-state index in [1.165, 1.54) is 5.56 Å². The largest absolute Gasteiger partial charge is 0.459 e. The van der Waals surface area contributed by atoms with Gasteiger partial charge >= 0.3 is 12.1 Å². The van der Waals surface area contributed by atoms with E-state index >= 15 is 0 Å². The first-order valence-corrected chi connectivity index (χ1v) is 6.83. The van der Waals surface area contributed by atoms with Gasteiger partial charge in [-0.2, -0.15) is 0 Å². The van der Waals surface area contributed by atoms with Crippen LogP contribution in [0.4, 0.5) is 10.5 Å². The summed E-state index contributed by atoms with van der Waals surface area (Å²) >= 11 is 0. The number of carbonyl (C=O) groups is 2. The number of anilines is 1. The van der Waals surface area contributed by atoms with Crippen molar-refractivity contribution in [1.82, 2.24) is 0 Å². The Hall–Kier alpha value is -2.30. The fourth-order valence-electron chi connectivity index (χ4n) is 1.69. The molecule has 21 heavy (non-hydrogen) atoms. The van der Waals surface area contributed by atoms with E-state index in [1.807, 2.05) is 24.3 Å². The van der Waals surface area contributed by atoms with Gasteiger partial charge in [0.15, 0.2) is 0 Å². The summed E-state index contributed by atoms with van der Waals surface area (Å²) in [5, 5.41) is 2.60. The molecule has 1 aromatic rings. The molecule has 0 saturated carbocycles. The molecule has 0 fully saturated rings. The van der Waals surface area contributed by atoms with Crippen molar-refractivity contribution in [2.75, 3.05) is 18.5 Å². The fourth-order valence-corrected chi connectivity index (χ4v) is 1.69. The van der Waals surface area contributed by atoms with Gasteiger partial charge in [-0.1, -0.05) is 32.6 Å². The zero-order valence-electron chi connectivity index (χ0n) is 12.4. The lowest BCUT2D eigenvalue weighted by Crippen LogP contribution is -2.17. The lowest BCUT2D eigenvalue weighted by Gasteiger charge is -2.09. The zero-order valence-corrected chi connectivity index (χ0v) is 12.4.